The highest BCUT2D eigenvalue weighted by Crippen LogP contribution is 2.57. The Morgan fingerprint density at radius 2 is 1.68 bits per heavy atom. The maximum atomic E-state index is 13.0. The predicted molar refractivity (Wildman–Crippen MR) is 85.9 cm³/mol. The number of ketones is 3. The third-order valence-electron chi connectivity index (χ3n) is 4.75. The number of hydrogen-bond acceptors (Lipinski definition) is 7. The zero-order valence-electron chi connectivity index (χ0n) is 14.1. The molecule has 0 bridgehead atoms. The first-order chi connectivity index (χ1) is 11.5. The summed E-state index contributed by atoms with van der Waals surface area (Å²) in [5.41, 5.74) is -2.15. The quantitative estimate of drug-likeness (QED) is 0.555. The monoisotopic (exact) mass is 344 g/mol. The smallest absolute Gasteiger partial charge is 0.188 e. The molecule has 0 fully saturated rings. The normalized spacial score (nSPS) is 21.4. The molecule has 0 amide bonds. The number of aliphatic hydroxyl groups is 1. The zero-order chi connectivity index (χ0) is 18.8. The van der Waals surface area contributed by atoms with Crippen molar-refractivity contribution in [3.05, 3.63) is 39.9 Å². The van der Waals surface area contributed by atoms with Crippen LogP contribution in [0.3, 0.4) is 0 Å². The summed E-state index contributed by atoms with van der Waals surface area (Å²) in [4.78, 5) is 36.7. The molecule has 1 aromatic rings. The molecule has 1 heterocycles. The van der Waals surface area contributed by atoms with Crippen molar-refractivity contribution in [1.29, 1.82) is 0 Å². The van der Waals surface area contributed by atoms with Gasteiger partial charge in [-0.05, 0) is 27.7 Å². The fourth-order valence-corrected chi connectivity index (χ4v) is 3.36. The van der Waals surface area contributed by atoms with Gasteiger partial charge in [0.2, 0.25) is 0 Å². The van der Waals surface area contributed by atoms with E-state index in [-0.39, 0.29) is 28.2 Å². The third-order valence-corrected chi connectivity index (χ3v) is 4.75. The summed E-state index contributed by atoms with van der Waals surface area (Å²) >= 11 is 0. The molecular weight excluding hydrogens is 328 g/mol. The Hall–Kier alpha value is -3.09. The van der Waals surface area contributed by atoms with Crippen LogP contribution in [0, 0.1) is 6.92 Å². The summed E-state index contributed by atoms with van der Waals surface area (Å²) in [5.74, 6) is -3.45. The molecule has 0 saturated carbocycles. The lowest BCUT2D eigenvalue weighted by Gasteiger charge is -2.28. The van der Waals surface area contributed by atoms with Crippen molar-refractivity contribution in [1.82, 2.24) is 0 Å². The molecule has 130 valence electrons. The number of Topliss-reactive ketones (excluding diaryl/α,β-unsaturated/α-hetero) is 3. The lowest BCUT2D eigenvalue weighted by molar-refractivity contribution is -0.123. The summed E-state index contributed by atoms with van der Waals surface area (Å²) < 4.78 is 5.59. The highest BCUT2D eigenvalue weighted by Gasteiger charge is 2.55. The number of ether oxygens (including phenoxy) is 1. The number of aliphatic hydroxyl groups excluding tert-OH is 1. The SMILES string of the molecule is CC(=O)C1=C(O)C=C2Oc3c(C(C)=O)c(O)c(C)c(O)c3[C@]2(C)C1=O. The van der Waals surface area contributed by atoms with Gasteiger partial charge in [0.25, 0.3) is 0 Å². The van der Waals surface area contributed by atoms with Crippen molar-refractivity contribution in [3.8, 4) is 17.2 Å². The molecule has 3 rings (SSSR count). The van der Waals surface area contributed by atoms with Crippen molar-refractivity contribution >= 4 is 17.3 Å². The molecule has 1 aromatic carbocycles. The molecule has 1 atom stereocenters. The van der Waals surface area contributed by atoms with Gasteiger partial charge in [0.1, 0.15) is 45.3 Å². The second kappa shape index (κ2) is 4.95. The minimum absolute atomic E-state index is 0.00417. The van der Waals surface area contributed by atoms with Gasteiger partial charge in [0.05, 0.1) is 5.56 Å². The van der Waals surface area contributed by atoms with Crippen LogP contribution in [-0.2, 0) is 15.0 Å². The van der Waals surface area contributed by atoms with Crippen LogP contribution in [0.5, 0.6) is 17.2 Å². The lowest BCUT2D eigenvalue weighted by atomic mass is 9.71. The number of carbonyl (C=O) groups is 3. The topological polar surface area (TPSA) is 121 Å². The molecule has 3 N–H and O–H groups in total. The van der Waals surface area contributed by atoms with Crippen LogP contribution in [0.1, 0.15) is 42.3 Å². The molecule has 7 nitrogen and oxygen atoms in total. The van der Waals surface area contributed by atoms with Crippen LogP contribution in [0.25, 0.3) is 0 Å². The fourth-order valence-electron chi connectivity index (χ4n) is 3.36. The highest BCUT2D eigenvalue weighted by atomic mass is 16.5. The maximum Gasteiger partial charge on any atom is 0.188 e. The molecule has 0 radical (unpaired) electrons. The Morgan fingerprint density at radius 3 is 2.20 bits per heavy atom. The molecule has 1 aliphatic heterocycles. The molecule has 0 saturated heterocycles. The van der Waals surface area contributed by atoms with Gasteiger partial charge >= 0.3 is 0 Å². The van der Waals surface area contributed by atoms with Gasteiger partial charge in [-0.2, -0.15) is 0 Å². The van der Waals surface area contributed by atoms with E-state index >= 15 is 0 Å². The maximum absolute atomic E-state index is 13.0. The average molecular weight is 344 g/mol. The molecule has 0 spiro atoms. The van der Waals surface area contributed by atoms with Crippen molar-refractivity contribution in [2.75, 3.05) is 0 Å². The predicted octanol–water partition coefficient (Wildman–Crippen LogP) is 2.13. The van der Waals surface area contributed by atoms with Gasteiger partial charge in [0.15, 0.2) is 17.3 Å². The summed E-state index contributed by atoms with van der Waals surface area (Å²) in [6, 6.07) is 0. The van der Waals surface area contributed by atoms with Crippen molar-refractivity contribution in [2.45, 2.75) is 33.1 Å². The minimum Gasteiger partial charge on any atom is -0.507 e. The zero-order valence-corrected chi connectivity index (χ0v) is 14.1. The second-order valence-corrected chi connectivity index (χ2v) is 6.34. The van der Waals surface area contributed by atoms with Crippen LogP contribution in [0.4, 0.5) is 0 Å². The van der Waals surface area contributed by atoms with Gasteiger partial charge in [-0.15, -0.1) is 0 Å². The number of phenolic OH excluding ortho intramolecular Hbond substituents is 2. The number of phenols is 2. The first kappa shape index (κ1) is 16.8. The minimum atomic E-state index is -1.59. The van der Waals surface area contributed by atoms with Crippen LogP contribution < -0.4 is 4.74 Å². The van der Waals surface area contributed by atoms with E-state index in [4.69, 9.17) is 4.74 Å². The molecule has 7 heteroatoms. The number of carbonyl (C=O) groups excluding carboxylic acids is 3. The Kier molecular flexibility index (Phi) is 3.32. The molecule has 0 aromatic heterocycles. The van der Waals surface area contributed by atoms with Gasteiger partial charge < -0.3 is 20.1 Å². The number of allylic oxidation sites excluding steroid dienone is 3. The summed E-state index contributed by atoms with van der Waals surface area (Å²) in [6.07, 6.45) is 1.12. The van der Waals surface area contributed by atoms with Crippen molar-refractivity contribution in [2.24, 2.45) is 0 Å². The summed E-state index contributed by atoms with van der Waals surface area (Å²) in [6.45, 7) is 5.19. The van der Waals surface area contributed by atoms with Crippen molar-refractivity contribution < 1.29 is 34.4 Å². The summed E-state index contributed by atoms with van der Waals surface area (Å²) in [7, 11) is 0. The van der Waals surface area contributed by atoms with E-state index in [1.165, 1.54) is 20.8 Å². The van der Waals surface area contributed by atoms with Gasteiger partial charge in [-0.1, -0.05) is 0 Å². The second-order valence-electron chi connectivity index (χ2n) is 6.34. The van der Waals surface area contributed by atoms with E-state index in [1.54, 1.807) is 0 Å². The third kappa shape index (κ3) is 1.89. The van der Waals surface area contributed by atoms with E-state index in [0.717, 1.165) is 13.0 Å². The Bertz CT molecular complexity index is 949. The highest BCUT2D eigenvalue weighted by molar-refractivity contribution is 6.25. The molecule has 25 heavy (non-hydrogen) atoms. The number of benzene rings is 1. The van der Waals surface area contributed by atoms with E-state index in [2.05, 4.69) is 0 Å². The number of rotatable bonds is 2. The largest absolute Gasteiger partial charge is 0.507 e. The Balaban J connectivity index is 2.42. The fraction of sp³-hybridized carbons (Fsp3) is 0.278. The average Bonchev–Trinajstić information content (AvgIpc) is 2.78. The van der Waals surface area contributed by atoms with E-state index in [1.807, 2.05) is 0 Å². The van der Waals surface area contributed by atoms with Gasteiger partial charge in [0, 0.05) is 11.6 Å². The van der Waals surface area contributed by atoms with Crippen LogP contribution in [0.2, 0.25) is 0 Å². The number of aromatic hydroxyl groups is 2. The van der Waals surface area contributed by atoms with Crippen LogP contribution in [-0.4, -0.2) is 32.7 Å². The first-order valence-electron chi connectivity index (χ1n) is 7.52. The van der Waals surface area contributed by atoms with E-state index < -0.39 is 45.6 Å². The van der Waals surface area contributed by atoms with Crippen LogP contribution >= 0.6 is 0 Å². The summed E-state index contributed by atoms with van der Waals surface area (Å²) in [5, 5.41) is 30.7. The van der Waals surface area contributed by atoms with E-state index in [9.17, 15) is 29.7 Å². The number of fused-ring (bicyclic) bond motifs is 3. The standard InChI is InChI=1S/C18H16O7/c1-6-14(22)12(8(3)20)16-13(15(6)23)18(4)10(25-16)5-9(21)11(7(2)19)17(18)24/h5,21-23H,1-4H3/t18-/m1/s1. The Morgan fingerprint density at radius 1 is 1.08 bits per heavy atom. The lowest BCUT2D eigenvalue weighted by Crippen LogP contribution is -2.38. The number of hydrogen-bond donors (Lipinski definition) is 3. The molecule has 2 aliphatic rings. The molecule has 0 unspecified atom stereocenters. The first-order valence-corrected chi connectivity index (χ1v) is 7.52. The van der Waals surface area contributed by atoms with Gasteiger partial charge in [-0.3, -0.25) is 14.4 Å². The van der Waals surface area contributed by atoms with E-state index in [0.29, 0.717) is 0 Å². The van der Waals surface area contributed by atoms with Gasteiger partial charge in [-0.25, -0.2) is 0 Å². The molecule has 1 aliphatic carbocycles. The van der Waals surface area contributed by atoms with Crippen LogP contribution in [0.15, 0.2) is 23.2 Å². The molecular formula is C18H16O7. The van der Waals surface area contributed by atoms with Crippen molar-refractivity contribution in [3.63, 3.8) is 0 Å². The Labute approximate surface area is 142 Å².